The molecule has 144 valence electrons. The second kappa shape index (κ2) is 9.14. The summed E-state index contributed by atoms with van der Waals surface area (Å²) in [6.45, 7) is 1.94. The average Bonchev–Trinajstić information content (AvgIpc) is 3.20. The minimum absolute atomic E-state index is 0.00353. The molecule has 0 aliphatic heterocycles. The zero-order valence-electron chi connectivity index (χ0n) is 15.6. The van der Waals surface area contributed by atoms with Crippen molar-refractivity contribution in [2.45, 2.75) is 19.3 Å². The molecule has 0 aliphatic carbocycles. The average molecular weight is 395 g/mol. The Kier molecular flexibility index (Phi) is 6.39. The summed E-state index contributed by atoms with van der Waals surface area (Å²) in [5, 5.41) is 7.93. The molecule has 0 saturated heterocycles. The minimum Gasteiger partial charge on any atom is -0.495 e. The van der Waals surface area contributed by atoms with Crippen LogP contribution in [-0.4, -0.2) is 23.9 Å². The molecule has 3 rings (SSSR count). The summed E-state index contributed by atoms with van der Waals surface area (Å²) in [5.41, 5.74) is 2.34. The predicted octanol–water partition coefficient (Wildman–Crippen LogP) is 4.21. The van der Waals surface area contributed by atoms with Crippen LogP contribution in [0.25, 0.3) is 0 Å². The minimum atomic E-state index is -0.647. The number of ether oxygens (including phenoxy) is 1. The number of hydrogen-bond acceptors (Lipinski definition) is 5. The normalized spacial score (nSPS) is 11.5. The molecule has 1 aromatic heterocycles. The number of rotatable bonds is 7. The summed E-state index contributed by atoms with van der Waals surface area (Å²) in [5.74, 6) is -0.621. The van der Waals surface area contributed by atoms with Gasteiger partial charge in [0.2, 0.25) is 11.8 Å². The number of benzene rings is 2. The fraction of sp³-hybridized carbons (Fsp3) is 0.190. The summed E-state index contributed by atoms with van der Waals surface area (Å²) in [6.07, 6.45) is 1.62. The first-order chi connectivity index (χ1) is 13.6. The summed E-state index contributed by atoms with van der Waals surface area (Å²) >= 11 is 1.33. The number of carbonyl (C=O) groups is 2. The van der Waals surface area contributed by atoms with E-state index in [2.05, 4.69) is 15.6 Å². The number of nitrogens with one attached hydrogen (secondary N) is 2. The summed E-state index contributed by atoms with van der Waals surface area (Å²) in [7, 11) is 1.55. The zero-order valence-corrected chi connectivity index (χ0v) is 16.5. The molecule has 0 radical (unpaired) electrons. The molecule has 2 N–H and O–H groups in total. The van der Waals surface area contributed by atoms with Crippen molar-refractivity contribution >= 4 is 34.0 Å². The standard InChI is InChI=1S/C21H21N3O3S/c1-14-8-9-18(27-2)17(12-14)23-20(26)16(15-6-4-3-5-7-15)13-19(25)24-21-22-10-11-28-21/h3-12,16H,13H2,1-2H3,(H,23,26)(H,22,24,25). The van der Waals surface area contributed by atoms with Crippen molar-refractivity contribution in [3.05, 3.63) is 71.2 Å². The van der Waals surface area contributed by atoms with Gasteiger partial charge in [0.05, 0.1) is 18.7 Å². The number of hydrogen-bond donors (Lipinski definition) is 2. The van der Waals surface area contributed by atoms with E-state index >= 15 is 0 Å². The van der Waals surface area contributed by atoms with Crippen LogP contribution in [0.5, 0.6) is 5.75 Å². The van der Waals surface area contributed by atoms with Gasteiger partial charge in [0.15, 0.2) is 5.13 Å². The molecule has 0 aliphatic rings. The van der Waals surface area contributed by atoms with Gasteiger partial charge in [-0.25, -0.2) is 4.98 Å². The van der Waals surface area contributed by atoms with Gasteiger partial charge in [-0.05, 0) is 30.2 Å². The van der Waals surface area contributed by atoms with E-state index < -0.39 is 5.92 Å². The Hall–Kier alpha value is -3.19. The van der Waals surface area contributed by atoms with Crippen molar-refractivity contribution < 1.29 is 14.3 Å². The number of aromatic nitrogens is 1. The van der Waals surface area contributed by atoms with Crippen molar-refractivity contribution in [3.63, 3.8) is 0 Å². The first-order valence-electron chi connectivity index (χ1n) is 8.76. The number of methoxy groups -OCH3 is 1. The van der Waals surface area contributed by atoms with E-state index in [0.29, 0.717) is 16.6 Å². The van der Waals surface area contributed by atoms with E-state index in [9.17, 15) is 9.59 Å². The van der Waals surface area contributed by atoms with Crippen molar-refractivity contribution in [2.75, 3.05) is 17.7 Å². The van der Waals surface area contributed by atoms with Gasteiger partial charge in [0.1, 0.15) is 5.75 Å². The van der Waals surface area contributed by atoms with E-state index in [-0.39, 0.29) is 18.2 Å². The summed E-state index contributed by atoms with van der Waals surface area (Å²) < 4.78 is 5.34. The molecule has 7 heteroatoms. The highest BCUT2D eigenvalue weighted by atomic mass is 32.1. The molecule has 2 aromatic carbocycles. The molecule has 2 amide bonds. The van der Waals surface area contributed by atoms with Crippen LogP contribution < -0.4 is 15.4 Å². The predicted molar refractivity (Wildman–Crippen MR) is 111 cm³/mol. The molecule has 1 unspecified atom stereocenters. The van der Waals surface area contributed by atoms with Gasteiger partial charge in [-0.3, -0.25) is 9.59 Å². The molecule has 1 heterocycles. The van der Waals surface area contributed by atoms with Crippen LogP contribution in [-0.2, 0) is 9.59 Å². The molecular formula is C21H21N3O3S. The Balaban J connectivity index is 1.81. The number of nitrogens with zero attached hydrogens (tertiary/aromatic N) is 1. The van der Waals surface area contributed by atoms with Crippen LogP contribution in [0.3, 0.4) is 0 Å². The van der Waals surface area contributed by atoms with Crippen molar-refractivity contribution in [3.8, 4) is 5.75 Å². The molecule has 0 bridgehead atoms. The SMILES string of the molecule is COc1ccc(C)cc1NC(=O)C(CC(=O)Nc1nccs1)c1ccccc1. The highest BCUT2D eigenvalue weighted by Crippen LogP contribution is 2.28. The molecular weight excluding hydrogens is 374 g/mol. The number of amides is 2. The molecule has 1 atom stereocenters. The third-order valence-electron chi connectivity index (χ3n) is 4.20. The lowest BCUT2D eigenvalue weighted by molar-refractivity contribution is -0.122. The van der Waals surface area contributed by atoms with Gasteiger partial charge in [-0.2, -0.15) is 0 Å². The smallest absolute Gasteiger partial charge is 0.232 e. The first-order valence-corrected chi connectivity index (χ1v) is 9.64. The molecule has 0 fully saturated rings. The lowest BCUT2D eigenvalue weighted by Gasteiger charge is -2.18. The molecule has 28 heavy (non-hydrogen) atoms. The van der Waals surface area contributed by atoms with Gasteiger partial charge in [0.25, 0.3) is 0 Å². The zero-order chi connectivity index (χ0) is 19.9. The number of thiazole rings is 1. The van der Waals surface area contributed by atoms with Crippen LogP contribution in [0.4, 0.5) is 10.8 Å². The first kappa shape index (κ1) is 19.6. The van der Waals surface area contributed by atoms with Crippen LogP contribution >= 0.6 is 11.3 Å². The van der Waals surface area contributed by atoms with Crippen LogP contribution in [0.15, 0.2) is 60.1 Å². The monoisotopic (exact) mass is 395 g/mol. The lowest BCUT2D eigenvalue weighted by Crippen LogP contribution is -2.26. The van der Waals surface area contributed by atoms with E-state index in [1.54, 1.807) is 24.8 Å². The maximum atomic E-state index is 13.1. The maximum absolute atomic E-state index is 13.1. The fourth-order valence-electron chi connectivity index (χ4n) is 2.83. The van der Waals surface area contributed by atoms with E-state index in [0.717, 1.165) is 11.1 Å². The van der Waals surface area contributed by atoms with Gasteiger partial charge in [-0.15, -0.1) is 11.3 Å². The highest BCUT2D eigenvalue weighted by Gasteiger charge is 2.25. The van der Waals surface area contributed by atoms with E-state index in [4.69, 9.17) is 4.74 Å². The van der Waals surface area contributed by atoms with E-state index in [1.807, 2.05) is 49.4 Å². The Bertz CT molecular complexity index is 943. The van der Waals surface area contributed by atoms with Gasteiger partial charge in [0, 0.05) is 18.0 Å². The van der Waals surface area contributed by atoms with Crippen LogP contribution in [0.1, 0.15) is 23.5 Å². The van der Waals surface area contributed by atoms with Crippen LogP contribution in [0, 0.1) is 6.92 Å². The Morgan fingerprint density at radius 3 is 2.61 bits per heavy atom. The fourth-order valence-corrected chi connectivity index (χ4v) is 3.37. The Morgan fingerprint density at radius 2 is 1.93 bits per heavy atom. The highest BCUT2D eigenvalue weighted by molar-refractivity contribution is 7.13. The lowest BCUT2D eigenvalue weighted by atomic mass is 9.94. The van der Waals surface area contributed by atoms with Crippen molar-refractivity contribution in [2.24, 2.45) is 0 Å². The third kappa shape index (κ3) is 4.95. The summed E-state index contributed by atoms with van der Waals surface area (Å²) in [6, 6.07) is 14.8. The number of carbonyl (C=O) groups excluding carboxylic acids is 2. The van der Waals surface area contributed by atoms with Gasteiger partial charge < -0.3 is 15.4 Å². The van der Waals surface area contributed by atoms with Crippen molar-refractivity contribution in [1.82, 2.24) is 4.98 Å². The number of anilines is 2. The molecule has 0 spiro atoms. The van der Waals surface area contributed by atoms with Gasteiger partial charge in [-0.1, -0.05) is 36.4 Å². The Morgan fingerprint density at radius 1 is 1.14 bits per heavy atom. The van der Waals surface area contributed by atoms with Gasteiger partial charge >= 0.3 is 0 Å². The van der Waals surface area contributed by atoms with E-state index in [1.165, 1.54) is 11.3 Å². The van der Waals surface area contributed by atoms with Crippen LogP contribution in [0.2, 0.25) is 0 Å². The Labute approximate surface area is 167 Å². The largest absolute Gasteiger partial charge is 0.495 e. The third-order valence-corrected chi connectivity index (χ3v) is 4.89. The molecule has 0 saturated carbocycles. The maximum Gasteiger partial charge on any atom is 0.232 e. The number of aryl methyl sites for hydroxylation is 1. The molecule has 6 nitrogen and oxygen atoms in total. The second-order valence-electron chi connectivity index (χ2n) is 6.25. The summed E-state index contributed by atoms with van der Waals surface area (Å²) in [4.78, 5) is 29.6. The topological polar surface area (TPSA) is 80.3 Å². The van der Waals surface area contributed by atoms with Crippen molar-refractivity contribution in [1.29, 1.82) is 0 Å². The quantitative estimate of drug-likeness (QED) is 0.628. The molecule has 3 aromatic rings. The second-order valence-corrected chi connectivity index (χ2v) is 7.14.